The van der Waals surface area contributed by atoms with E-state index in [1.807, 2.05) is 0 Å². The molecule has 1 atom stereocenters. The third kappa shape index (κ3) is 2.50. The molecule has 0 aliphatic heterocycles. The molecule has 90 valence electrons. The molecule has 1 aromatic heterocycles. The topological polar surface area (TPSA) is 26.0 Å². The lowest BCUT2D eigenvalue weighted by Gasteiger charge is -2.17. The Bertz CT molecular complexity index is 491. The summed E-state index contributed by atoms with van der Waals surface area (Å²) < 4.78 is 38.4. The van der Waals surface area contributed by atoms with Crippen LogP contribution in [-0.4, -0.2) is 0 Å². The van der Waals surface area contributed by atoms with E-state index in [0.717, 1.165) is 6.07 Å². The van der Waals surface area contributed by atoms with E-state index in [9.17, 15) is 13.2 Å². The van der Waals surface area contributed by atoms with Gasteiger partial charge in [0.1, 0.15) is 0 Å². The van der Waals surface area contributed by atoms with E-state index in [-0.39, 0.29) is 5.56 Å². The van der Waals surface area contributed by atoms with E-state index in [2.05, 4.69) is 0 Å². The molecule has 0 spiro atoms. The fraction of sp³-hybridized carbons (Fsp3) is 0.167. The molecule has 2 N–H and O–H groups in total. The van der Waals surface area contributed by atoms with Crippen LogP contribution in [0.2, 0.25) is 0 Å². The second kappa shape index (κ2) is 4.50. The number of hydrogen-bond acceptors (Lipinski definition) is 2. The molecular weight excluding hydrogens is 247 g/mol. The summed E-state index contributed by atoms with van der Waals surface area (Å²) in [5.74, 6) is 0. The first-order chi connectivity index (χ1) is 8.00. The summed E-state index contributed by atoms with van der Waals surface area (Å²) in [4.78, 5) is 0. The predicted molar refractivity (Wildman–Crippen MR) is 61.8 cm³/mol. The second-order valence-electron chi connectivity index (χ2n) is 3.62. The monoisotopic (exact) mass is 257 g/mol. The van der Waals surface area contributed by atoms with Crippen LogP contribution in [-0.2, 0) is 6.18 Å². The van der Waals surface area contributed by atoms with Crippen LogP contribution in [0.15, 0.2) is 41.1 Å². The van der Waals surface area contributed by atoms with Gasteiger partial charge in [-0.3, -0.25) is 0 Å². The van der Waals surface area contributed by atoms with E-state index in [1.54, 1.807) is 22.9 Å². The van der Waals surface area contributed by atoms with Crippen molar-refractivity contribution in [1.29, 1.82) is 0 Å². The lowest BCUT2D eigenvalue weighted by atomic mass is 9.97. The minimum Gasteiger partial charge on any atom is -0.320 e. The molecule has 0 radical (unpaired) electrons. The quantitative estimate of drug-likeness (QED) is 0.869. The molecule has 1 aromatic carbocycles. The van der Waals surface area contributed by atoms with Crippen molar-refractivity contribution in [3.63, 3.8) is 0 Å². The Labute approximate surface area is 101 Å². The molecule has 0 fully saturated rings. The molecule has 0 aliphatic rings. The van der Waals surface area contributed by atoms with Crippen LogP contribution >= 0.6 is 11.3 Å². The van der Waals surface area contributed by atoms with E-state index in [0.29, 0.717) is 5.56 Å². The molecular formula is C12H10F3NS. The maximum atomic E-state index is 12.8. The Hall–Kier alpha value is -1.33. The number of hydrogen-bond donors (Lipinski definition) is 1. The molecule has 1 nitrogen and oxygen atoms in total. The van der Waals surface area contributed by atoms with E-state index >= 15 is 0 Å². The highest BCUT2D eigenvalue weighted by atomic mass is 32.1. The van der Waals surface area contributed by atoms with Gasteiger partial charge in [0.15, 0.2) is 0 Å². The summed E-state index contributed by atoms with van der Waals surface area (Å²) >= 11 is 1.41. The second-order valence-corrected chi connectivity index (χ2v) is 4.40. The van der Waals surface area contributed by atoms with Crippen molar-refractivity contribution in [3.8, 4) is 0 Å². The summed E-state index contributed by atoms with van der Waals surface area (Å²) in [5, 5.41) is 3.56. The average Bonchev–Trinajstić information content (AvgIpc) is 2.80. The number of benzene rings is 1. The third-order valence-electron chi connectivity index (χ3n) is 2.50. The van der Waals surface area contributed by atoms with Crippen LogP contribution in [0, 0.1) is 0 Å². The molecule has 1 heterocycles. The number of rotatable bonds is 2. The van der Waals surface area contributed by atoms with Gasteiger partial charge in [-0.05, 0) is 34.0 Å². The van der Waals surface area contributed by atoms with Crippen molar-refractivity contribution in [3.05, 3.63) is 57.8 Å². The molecule has 0 saturated carbocycles. The first-order valence-electron chi connectivity index (χ1n) is 4.94. The lowest BCUT2D eigenvalue weighted by molar-refractivity contribution is -0.138. The zero-order valence-corrected chi connectivity index (χ0v) is 9.55. The van der Waals surface area contributed by atoms with Gasteiger partial charge in [-0.2, -0.15) is 24.5 Å². The van der Waals surface area contributed by atoms with Gasteiger partial charge in [0.25, 0.3) is 0 Å². The van der Waals surface area contributed by atoms with Crippen LogP contribution in [0.25, 0.3) is 0 Å². The summed E-state index contributed by atoms with van der Waals surface area (Å²) in [5.41, 5.74) is 6.01. The minimum atomic E-state index is -4.37. The van der Waals surface area contributed by atoms with Crippen molar-refractivity contribution in [2.75, 3.05) is 0 Å². The Morgan fingerprint density at radius 1 is 1.12 bits per heavy atom. The highest BCUT2D eigenvalue weighted by molar-refractivity contribution is 7.08. The van der Waals surface area contributed by atoms with Crippen LogP contribution < -0.4 is 5.73 Å². The Morgan fingerprint density at radius 3 is 2.41 bits per heavy atom. The minimum absolute atomic E-state index is 0.110. The Kier molecular flexibility index (Phi) is 3.22. The van der Waals surface area contributed by atoms with Crippen LogP contribution in [0.4, 0.5) is 13.2 Å². The van der Waals surface area contributed by atoms with Gasteiger partial charge >= 0.3 is 6.18 Å². The Morgan fingerprint density at radius 2 is 1.82 bits per heavy atom. The van der Waals surface area contributed by atoms with Crippen LogP contribution in [0.3, 0.4) is 0 Å². The van der Waals surface area contributed by atoms with E-state index in [1.165, 1.54) is 23.5 Å². The molecule has 0 amide bonds. The molecule has 0 bridgehead atoms. The van der Waals surface area contributed by atoms with Crippen LogP contribution in [0.5, 0.6) is 0 Å². The van der Waals surface area contributed by atoms with E-state index < -0.39 is 17.8 Å². The average molecular weight is 257 g/mol. The molecule has 1 unspecified atom stereocenters. The maximum absolute atomic E-state index is 12.8. The first kappa shape index (κ1) is 12.1. The van der Waals surface area contributed by atoms with Gasteiger partial charge in [0.05, 0.1) is 11.6 Å². The van der Waals surface area contributed by atoms with Crippen molar-refractivity contribution < 1.29 is 13.2 Å². The zero-order chi connectivity index (χ0) is 12.5. The third-order valence-corrected chi connectivity index (χ3v) is 3.21. The normalized spacial score (nSPS) is 13.6. The molecule has 0 saturated heterocycles. The fourth-order valence-electron chi connectivity index (χ4n) is 1.66. The number of alkyl halides is 3. The molecule has 17 heavy (non-hydrogen) atoms. The Balaban J connectivity index is 2.46. The maximum Gasteiger partial charge on any atom is 0.416 e. The lowest BCUT2D eigenvalue weighted by Crippen LogP contribution is -2.17. The smallest absolute Gasteiger partial charge is 0.320 e. The summed E-state index contributed by atoms with van der Waals surface area (Å²) in [6.45, 7) is 0. The fourth-order valence-corrected chi connectivity index (χ4v) is 2.35. The van der Waals surface area contributed by atoms with Crippen LogP contribution in [0.1, 0.15) is 22.7 Å². The largest absolute Gasteiger partial charge is 0.416 e. The van der Waals surface area contributed by atoms with Gasteiger partial charge in [-0.1, -0.05) is 18.2 Å². The highest BCUT2D eigenvalue weighted by Crippen LogP contribution is 2.35. The summed E-state index contributed by atoms with van der Waals surface area (Å²) in [6, 6.07) is 6.41. The molecule has 2 aromatic rings. The van der Waals surface area contributed by atoms with Gasteiger partial charge in [0, 0.05) is 0 Å². The van der Waals surface area contributed by atoms with Gasteiger partial charge < -0.3 is 5.73 Å². The number of nitrogens with two attached hydrogens (primary N) is 1. The van der Waals surface area contributed by atoms with Crippen molar-refractivity contribution in [1.82, 2.24) is 0 Å². The SMILES string of the molecule is NC(c1ccsc1)c1ccccc1C(F)(F)F. The summed E-state index contributed by atoms with van der Waals surface area (Å²) in [7, 11) is 0. The van der Waals surface area contributed by atoms with E-state index in [4.69, 9.17) is 5.73 Å². The predicted octanol–water partition coefficient (Wildman–Crippen LogP) is 3.82. The highest BCUT2D eigenvalue weighted by Gasteiger charge is 2.34. The van der Waals surface area contributed by atoms with Gasteiger partial charge in [-0.25, -0.2) is 0 Å². The first-order valence-corrected chi connectivity index (χ1v) is 5.88. The number of halogens is 3. The molecule has 2 rings (SSSR count). The summed E-state index contributed by atoms with van der Waals surface area (Å²) in [6.07, 6.45) is -4.37. The van der Waals surface area contributed by atoms with Crippen molar-refractivity contribution in [2.45, 2.75) is 12.2 Å². The standard InChI is InChI=1S/C12H10F3NS/c13-12(14,15)10-4-2-1-3-9(10)11(16)8-5-6-17-7-8/h1-7,11H,16H2. The van der Waals surface area contributed by atoms with Gasteiger partial charge in [-0.15, -0.1) is 0 Å². The zero-order valence-electron chi connectivity index (χ0n) is 8.74. The molecule has 5 heteroatoms. The van der Waals surface area contributed by atoms with Crippen molar-refractivity contribution >= 4 is 11.3 Å². The molecule has 0 aliphatic carbocycles. The van der Waals surface area contributed by atoms with Crippen molar-refractivity contribution in [2.24, 2.45) is 5.73 Å². The van der Waals surface area contributed by atoms with Gasteiger partial charge in [0.2, 0.25) is 0 Å². The number of thiophene rings is 1.